The van der Waals surface area contributed by atoms with Crippen LogP contribution in [0.15, 0.2) is 28.7 Å². The van der Waals surface area contributed by atoms with Crippen molar-refractivity contribution in [1.29, 1.82) is 0 Å². The summed E-state index contributed by atoms with van der Waals surface area (Å²) in [4.78, 5) is 1.38. The number of hydrogen-bond donors (Lipinski definition) is 1. The zero-order valence-electron chi connectivity index (χ0n) is 10.9. The molecule has 1 unspecified atom stereocenters. The molecule has 0 saturated carbocycles. The molecular formula is C13H18BrF3N2. The van der Waals surface area contributed by atoms with Gasteiger partial charge in [-0.15, -0.1) is 0 Å². The highest BCUT2D eigenvalue weighted by Gasteiger charge is 2.35. The van der Waals surface area contributed by atoms with Crippen LogP contribution >= 0.6 is 15.9 Å². The van der Waals surface area contributed by atoms with Gasteiger partial charge in [-0.25, -0.2) is 0 Å². The zero-order chi connectivity index (χ0) is 14.6. The summed E-state index contributed by atoms with van der Waals surface area (Å²) in [6.45, 7) is 2.68. The third-order valence-corrected chi connectivity index (χ3v) is 3.43. The lowest BCUT2D eigenvalue weighted by Crippen LogP contribution is -2.44. The summed E-state index contributed by atoms with van der Waals surface area (Å²) in [6, 6.07) is 6.54. The minimum Gasteiger partial charge on any atom is -0.329 e. The van der Waals surface area contributed by atoms with Crippen molar-refractivity contribution < 1.29 is 13.2 Å². The third kappa shape index (κ3) is 5.12. The van der Waals surface area contributed by atoms with E-state index in [1.165, 1.54) is 4.90 Å². The number of nitrogens with two attached hydrogens (primary N) is 1. The van der Waals surface area contributed by atoms with E-state index < -0.39 is 18.8 Å². The molecule has 0 bridgehead atoms. The van der Waals surface area contributed by atoms with Crippen LogP contribution in [0.3, 0.4) is 0 Å². The van der Waals surface area contributed by atoms with Crippen molar-refractivity contribution in [3.05, 3.63) is 34.3 Å². The second kappa shape index (κ2) is 6.72. The maximum atomic E-state index is 12.7. The molecule has 1 aromatic carbocycles. The van der Waals surface area contributed by atoms with Crippen molar-refractivity contribution in [2.45, 2.75) is 32.1 Å². The fourth-order valence-electron chi connectivity index (χ4n) is 2.01. The normalized spacial score (nSPS) is 14.2. The third-order valence-electron chi connectivity index (χ3n) is 2.90. The summed E-state index contributed by atoms with van der Waals surface area (Å²) < 4.78 is 38.8. The number of benzene rings is 1. The Hall–Kier alpha value is -0.590. The molecule has 0 saturated heterocycles. The van der Waals surface area contributed by atoms with Gasteiger partial charge in [0.2, 0.25) is 0 Å². The summed E-state index contributed by atoms with van der Waals surface area (Å²) in [7, 11) is 0. The van der Waals surface area contributed by atoms with E-state index in [2.05, 4.69) is 15.9 Å². The predicted octanol–water partition coefficient (Wildman–Crippen LogP) is 3.72. The number of hydrogen-bond acceptors (Lipinski definition) is 2. The number of rotatable bonds is 5. The molecule has 0 aromatic heterocycles. The second-order valence-corrected chi connectivity index (χ2v) is 5.60. The summed E-state index contributed by atoms with van der Waals surface area (Å²) >= 11 is 3.31. The smallest absolute Gasteiger partial charge is 0.329 e. The van der Waals surface area contributed by atoms with Crippen LogP contribution in [0.2, 0.25) is 0 Å². The van der Waals surface area contributed by atoms with E-state index in [1.54, 1.807) is 26.0 Å². The average molecular weight is 339 g/mol. The molecule has 19 heavy (non-hydrogen) atoms. The highest BCUT2D eigenvalue weighted by atomic mass is 79.9. The molecule has 0 amide bonds. The van der Waals surface area contributed by atoms with Gasteiger partial charge in [0, 0.05) is 23.1 Å². The van der Waals surface area contributed by atoms with Crippen LogP contribution in [0, 0.1) is 0 Å². The van der Waals surface area contributed by atoms with Crippen LogP contribution in [-0.4, -0.2) is 30.2 Å². The largest absolute Gasteiger partial charge is 0.401 e. The van der Waals surface area contributed by atoms with Crippen LogP contribution < -0.4 is 5.73 Å². The zero-order valence-corrected chi connectivity index (χ0v) is 12.5. The van der Waals surface area contributed by atoms with E-state index in [9.17, 15) is 13.2 Å². The average Bonchev–Trinajstić information content (AvgIpc) is 2.29. The Labute approximate surface area is 119 Å². The summed E-state index contributed by atoms with van der Waals surface area (Å²) in [6.07, 6.45) is -4.23. The van der Waals surface area contributed by atoms with Crippen LogP contribution in [0.5, 0.6) is 0 Å². The number of alkyl halides is 3. The molecule has 0 radical (unpaired) electrons. The highest BCUT2D eigenvalue weighted by Crippen LogP contribution is 2.27. The summed E-state index contributed by atoms with van der Waals surface area (Å²) in [5, 5.41) is 0. The first-order valence-corrected chi connectivity index (χ1v) is 6.82. The molecule has 1 aromatic rings. The van der Waals surface area contributed by atoms with Crippen molar-refractivity contribution in [2.24, 2.45) is 5.73 Å². The van der Waals surface area contributed by atoms with Gasteiger partial charge in [0.15, 0.2) is 0 Å². The maximum Gasteiger partial charge on any atom is 0.401 e. The van der Waals surface area contributed by atoms with Crippen molar-refractivity contribution in [3.63, 3.8) is 0 Å². The van der Waals surface area contributed by atoms with E-state index >= 15 is 0 Å². The first-order valence-electron chi connectivity index (χ1n) is 6.02. The van der Waals surface area contributed by atoms with Crippen molar-refractivity contribution in [1.82, 2.24) is 4.90 Å². The van der Waals surface area contributed by atoms with Gasteiger partial charge in [0.05, 0.1) is 6.54 Å². The molecule has 0 spiro atoms. The Kier molecular flexibility index (Phi) is 5.82. The molecule has 1 rings (SSSR count). The van der Waals surface area contributed by atoms with Crippen LogP contribution in [0.25, 0.3) is 0 Å². The molecule has 0 aliphatic rings. The van der Waals surface area contributed by atoms with Crippen LogP contribution in [0.1, 0.15) is 25.5 Å². The molecule has 2 N–H and O–H groups in total. The summed E-state index contributed by atoms with van der Waals surface area (Å²) in [5.41, 5.74) is 6.47. The van der Waals surface area contributed by atoms with Crippen molar-refractivity contribution in [3.8, 4) is 0 Å². The second-order valence-electron chi connectivity index (χ2n) is 4.68. The van der Waals surface area contributed by atoms with Gasteiger partial charge in [-0.3, -0.25) is 4.90 Å². The Balaban J connectivity index is 2.99. The maximum absolute atomic E-state index is 12.7. The van der Waals surface area contributed by atoms with Crippen LogP contribution in [-0.2, 0) is 0 Å². The van der Waals surface area contributed by atoms with Gasteiger partial charge in [0.25, 0.3) is 0 Å². The van der Waals surface area contributed by atoms with E-state index in [0.717, 1.165) is 10.0 Å². The van der Waals surface area contributed by atoms with E-state index in [0.29, 0.717) is 0 Å². The molecule has 0 fully saturated rings. The predicted molar refractivity (Wildman–Crippen MR) is 73.8 cm³/mol. The molecule has 1 atom stereocenters. The summed E-state index contributed by atoms with van der Waals surface area (Å²) in [5.74, 6) is 0. The van der Waals surface area contributed by atoms with Gasteiger partial charge in [-0.2, -0.15) is 13.2 Å². The Morgan fingerprint density at radius 1 is 1.21 bits per heavy atom. The molecule has 6 heteroatoms. The van der Waals surface area contributed by atoms with Gasteiger partial charge in [0.1, 0.15) is 0 Å². The van der Waals surface area contributed by atoms with Gasteiger partial charge < -0.3 is 5.73 Å². The lowest BCUT2D eigenvalue weighted by Gasteiger charge is -2.35. The van der Waals surface area contributed by atoms with Crippen LogP contribution in [0.4, 0.5) is 13.2 Å². The van der Waals surface area contributed by atoms with Crippen molar-refractivity contribution in [2.75, 3.05) is 13.1 Å². The number of nitrogens with zero attached hydrogens (tertiary/aromatic N) is 1. The minimum absolute atomic E-state index is 0.149. The van der Waals surface area contributed by atoms with E-state index in [4.69, 9.17) is 5.73 Å². The topological polar surface area (TPSA) is 29.3 Å². The molecular weight excluding hydrogens is 321 g/mol. The van der Waals surface area contributed by atoms with Crippen molar-refractivity contribution >= 4 is 15.9 Å². The van der Waals surface area contributed by atoms with Gasteiger partial charge in [-0.05, 0) is 31.5 Å². The fourth-order valence-corrected chi connectivity index (χ4v) is 2.27. The Morgan fingerprint density at radius 2 is 1.74 bits per heavy atom. The fraction of sp³-hybridized carbons (Fsp3) is 0.538. The standard InChI is InChI=1S/C13H18BrF3N2/c1-9(2)19(8-13(15,16)17)12(7-18)10-3-5-11(14)6-4-10/h3-6,9,12H,7-8,18H2,1-2H3. The molecule has 0 aliphatic carbocycles. The minimum atomic E-state index is -4.23. The monoisotopic (exact) mass is 338 g/mol. The SMILES string of the molecule is CC(C)N(CC(F)(F)F)C(CN)c1ccc(Br)cc1. The molecule has 0 aliphatic heterocycles. The Bertz CT molecular complexity index is 390. The number of halogens is 4. The lowest BCUT2D eigenvalue weighted by atomic mass is 10.0. The molecule has 108 valence electrons. The lowest BCUT2D eigenvalue weighted by molar-refractivity contribution is -0.155. The first-order chi connectivity index (χ1) is 8.74. The first kappa shape index (κ1) is 16.5. The Morgan fingerprint density at radius 3 is 2.11 bits per heavy atom. The quantitative estimate of drug-likeness (QED) is 0.886. The van der Waals surface area contributed by atoms with E-state index in [-0.39, 0.29) is 12.6 Å². The van der Waals surface area contributed by atoms with E-state index in [1.807, 2.05) is 12.1 Å². The van der Waals surface area contributed by atoms with Gasteiger partial charge in [-0.1, -0.05) is 28.1 Å². The highest BCUT2D eigenvalue weighted by molar-refractivity contribution is 9.10. The van der Waals surface area contributed by atoms with Gasteiger partial charge >= 0.3 is 6.18 Å². The molecule has 0 heterocycles. The molecule has 2 nitrogen and oxygen atoms in total.